The SMILES string of the molecule is Cc1nc(-c2cccc(Cl)c2Cl)ccc1O. The molecular formula is C12H9Cl2NO. The molecule has 0 amide bonds. The van der Waals surface area contributed by atoms with Crippen LogP contribution in [0.15, 0.2) is 30.3 Å². The van der Waals surface area contributed by atoms with E-state index < -0.39 is 0 Å². The first kappa shape index (κ1) is 11.2. The normalized spacial score (nSPS) is 10.4. The Balaban J connectivity index is 2.59. The highest BCUT2D eigenvalue weighted by Gasteiger charge is 2.09. The number of pyridine rings is 1. The number of benzene rings is 1. The molecule has 0 aliphatic heterocycles. The smallest absolute Gasteiger partial charge is 0.136 e. The van der Waals surface area contributed by atoms with Crippen LogP contribution in [0, 0.1) is 6.92 Å². The fraction of sp³-hybridized carbons (Fsp3) is 0.0833. The van der Waals surface area contributed by atoms with Gasteiger partial charge in [0.2, 0.25) is 0 Å². The second-order valence-electron chi connectivity index (χ2n) is 3.40. The van der Waals surface area contributed by atoms with E-state index in [4.69, 9.17) is 23.2 Å². The van der Waals surface area contributed by atoms with Crippen molar-refractivity contribution in [1.82, 2.24) is 4.98 Å². The van der Waals surface area contributed by atoms with Crippen molar-refractivity contribution in [2.45, 2.75) is 6.92 Å². The first-order chi connectivity index (χ1) is 7.59. The highest BCUT2D eigenvalue weighted by atomic mass is 35.5. The van der Waals surface area contributed by atoms with Gasteiger partial charge in [-0.3, -0.25) is 0 Å². The van der Waals surface area contributed by atoms with Crippen LogP contribution in [0.4, 0.5) is 0 Å². The topological polar surface area (TPSA) is 33.1 Å². The Bertz CT molecular complexity index is 541. The molecule has 82 valence electrons. The Hall–Kier alpha value is -1.25. The van der Waals surface area contributed by atoms with Crippen LogP contribution in [-0.2, 0) is 0 Å². The van der Waals surface area contributed by atoms with Crippen molar-refractivity contribution < 1.29 is 5.11 Å². The van der Waals surface area contributed by atoms with Crippen LogP contribution < -0.4 is 0 Å². The quantitative estimate of drug-likeness (QED) is 0.832. The van der Waals surface area contributed by atoms with Crippen molar-refractivity contribution in [1.29, 1.82) is 0 Å². The number of aryl methyl sites for hydroxylation is 1. The van der Waals surface area contributed by atoms with Crippen molar-refractivity contribution in [2.24, 2.45) is 0 Å². The van der Waals surface area contributed by atoms with Gasteiger partial charge in [0.15, 0.2) is 0 Å². The molecule has 1 aromatic carbocycles. The third-order valence-corrected chi connectivity index (χ3v) is 3.10. The molecule has 0 unspecified atom stereocenters. The summed E-state index contributed by atoms with van der Waals surface area (Å²) in [6.07, 6.45) is 0. The summed E-state index contributed by atoms with van der Waals surface area (Å²) in [4.78, 5) is 4.25. The second kappa shape index (κ2) is 4.32. The lowest BCUT2D eigenvalue weighted by molar-refractivity contribution is 0.468. The van der Waals surface area contributed by atoms with Gasteiger partial charge in [0.1, 0.15) is 5.75 Å². The van der Waals surface area contributed by atoms with Crippen molar-refractivity contribution >= 4 is 23.2 Å². The summed E-state index contributed by atoms with van der Waals surface area (Å²) >= 11 is 12.0. The highest BCUT2D eigenvalue weighted by Crippen LogP contribution is 2.33. The molecule has 2 aromatic rings. The minimum absolute atomic E-state index is 0.168. The van der Waals surface area contributed by atoms with Crippen LogP contribution in [0.3, 0.4) is 0 Å². The van der Waals surface area contributed by atoms with Gasteiger partial charge in [-0.1, -0.05) is 35.3 Å². The van der Waals surface area contributed by atoms with Crippen LogP contribution in [0.2, 0.25) is 10.0 Å². The van der Waals surface area contributed by atoms with Gasteiger partial charge in [0, 0.05) is 5.56 Å². The van der Waals surface area contributed by atoms with Crippen LogP contribution >= 0.6 is 23.2 Å². The molecule has 0 aliphatic rings. The summed E-state index contributed by atoms with van der Waals surface area (Å²) < 4.78 is 0. The molecule has 4 heteroatoms. The average molecular weight is 254 g/mol. The first-order valence-electron chi connectivity index (χ1n) is 4.70. The molecule has 0 bridgehead atoms. The fourth-order valence-electron chi connectivity index (χ4n) is 1.41. The average Bonchev–Trinajstić information content (AvgIpc) is 2.26. The Kier molecular flexibility index (Phi) is 3.03. The lowest BCUT2D eigenvalue weighted by atomic mass is 10.1. The largest absolute Gasteiger partial charge is 0.506 e. The number of hydrogen-bond donors (Lipinski definition) is 1. The van der Waals surface area contributed by atoms with E-state index in [1.165, 1.54) is 0 Å². The number of nitrogens with zero attached hydrogens (tertiary/aromatic N) is 1. The van der Waals surface area contributed by atoms with E-state index in [2.05, 4.69) is 4.98 Å². The zero-order valence-electron chi connectivity index (χ0n) is 8.54. The molecule has 0 fully saturated rings. The summed E-state index contributed by atoms with van der Waals surface area (Å²) in [7, 11) is 0. The lowest BCUT2D eigenvalue weighted by Gasteiger charge is -2.06. The van der Waals surface area contributed by atoms with E-state index in [9.17, 15) is 5.11 Å². The number of aromatic hydroxyl groups is 1. The number of rotatable bonds is 1. The van der Waals surface area contributed by atoms with E-state index in [0.717, 1.165) is 5.56 Å². The summed E-state index contributed by atoms with van der Waals surface area (Å²) in [5.41, 5.74) is 2.02. The number of halogens is 2. The van der Waals surface area contributed by atoms with E-state index in [0.29, 0.717) is 21.4 Å². The van der Waals surface area contributed by atoms with E-state index >= 15 is 0 Å². The Morgan fingerprint density at radius 1 is 1.12 bits per heavy atom. The third kappa shape index (κ3) is 1.99. The van der Waals surface area contributed by atoms with Gasteiger partial charge in [0.25, 0.3) is 0 Å². The van der Waals surface area contributed by atoms with E-state index in [-0.39, 0.29) is 5.75 Å². The molecule has 2 nitrogen and oxygen atoms in total. The van der Waals surface area contributed by atoms with Gasteiger partial charge >= 0.3 is 0 Å². The van der Waals surface area contributed by atoms with Gasteiger partial charge < -0.3 is 5.11 Å². The van der Waals surface area contributed by atoms with Gasteiger partial charge in [0.05, 0.1) is 21.4 Å². The molecule has 0 aliphatic carbocycles. The number of aromatic nitrogens is 1. The van der Waals surface area contributed by atoms with Crippen molar-refractivity contribution in [3.8, 4) is 17.0 Å². The summed E-state index contributed by atoms with van der Waals surface area (Å²) in [6.45, 7) is 1.73. The molecular weight excluding hydrogens is 245 g/mol. The molecule has 2 rings (SSSR count). The lowest BCUT2D eigenvalue weighted by Crippen LogP contribution is -1.88. The van der Waals surface area contributed by atoms with Gasteiger partial charge in [-0.2, -0.15) is 0 Å². The molecule has 1 aromatic heterocycles. The maximum atomic E-state index is 9.39. The maximum Gasteiger partial charge on any atom is 0.136 e. The van der Waals surface area contributed by atoms with E-state index in [1.54, 1.807) is 25.1 Å². The molecule has 1 N–H and O–H groups in total. The second-order valence-corrected chi connectivity index (χ2v) is 4.19. The first-order valence-corrected chi connectivity index (χ1v) is 5.46. The van der Waals surface area contributed by atoms with Crippen LogP contribution in [0.5, 0.6) is 5.75 Å². The predicted octanol–water partition coefficient (Wildman–Crippen LogP) is 4.07. The maximum absolute atomic E-state index is 9.39. The molecule has 0 saturated heterocycles. The molecule has 0 spiro atoms. The van der Waals surface area contributed by atoms with Crippen LogP contribution in [-0.4, -0.2) is 10.1 Å². The molecule has 0 atom stereocenters. The van der Waals surface area contributed by atoms with Gasteiger partial charge in [-0.25, -0.2) is 4.98 Å². The molecule has 16 heavy (non-hydrogen) atoms. The molecule has 0 radical (unpaired) electrons. The van der Waals surface area contributed by atoms with Gasteiger partial charge in [-0.15, -0.1) is 0 Å². The predicted molar refractivity (Wildman–Crippen MR) is 66.1 cm³/mol. The Morgan fingerprint density at radius 3 is 2.56 bits per heavy atom. The summed E-state index contributed by atoms with van der Waals surface area (Å²) in [6, 6.07) is 8.68. The van der Waals surface area contributed by atoms with Crippen LogP contribution in [0.25, 0.3) is 11.3 Å². The standard InChI is InChI=1S/C12H9Cl2NO/c1-7-11(16)6-5-10(15-7)8-3-2-4-9(13)12(8)14/h2-6,16H,1H3. The van der Waals surface area contributed by atoms with Crippen molar-refractivity contribution in [3.05, 3.63) is 46.1 Å². The monoisotopic (exact) mass is 253 g/mol. The number of hydrogen-bond acceptors (Lipinski definition) is 2. The highest BCUT2D eigenvalue weighted by molar-refractivity contribution is 6.43. The Morgan fingerprint density at radius 2 is 1.88 bits per heavy atom. The van der Waals surface area contributed by atoms with Crippen molar-refractivity contribution in [3.63, 3.8) is 0 Å². The fourth-order valence-corrected chi connectivity index (χ4v) is 1.80. The third-order valence-electron chi connectivity index (χ3n) is 2.29. The van der Waals surface area contributed by atoms with Gasteiger partial charge in [-0.05, 0) is 25.1 Å². The minimum Gasteiger partial charge on any atom is -0.506 e. The molecule has 0 saturated carbocycles. The summed E-state index contributed by atoms with van der Waals surface area (Å²) in [5, 5.41) is 10.4. The van der Waals surface area contributed by atoms with Crippen molar-refractivity contribution in [2.75, 3.05) is 0 Å². The Labute approximate surface area is 103 Å². The summed E-state index contributed by atoms with van der Waals surface area (Å²) in [5.74, 6) is 0.168. The molecule has 1 heterocycles. The van der Waals surface area contributed by atoms with Crippen LogP contribution in [0.1, 0.15) is 5.69 Å². The van der Waals surface area contributed by atoms with E-state index in [1.807, 2.05) is 12.1 Å². The zero-order valence-corrected chi connectivity index (χ0v) is 10.0. The minimum atomic E-state index is 0.168. The zero-order chi connectivity index (χ0) is 11.7.